The predicted molar refractivity (Wildman–Crippen MR) is 127 cm³/mol. The summed E-state index contributed by atoms with van der Waals surface area (Å²) in [6, 6.07) is 3.83. The van der Waals surface area contributed by atoms with E-state index in [0.29, 0.717) is 48.8 Å². The number of halogens is 2. The van der Waals surface area contributed by atoms with Gasteiger partial charge in [0.05, 0.1) is 38.6 Å². The minimum absolute atomic E-state index is 0. The van der Waals surface area contributed by atoms with Gasteiger partial charge in [-0.3, -0.25) is 4.99 Å². The van der Waals surface area contributed by atoms with Gasteiger partial charge in [0.25, 0.3) is 0 Å². The Hall–Kier alpha value is -0.970. The average molecular weight is 542 g/mol. The van der Waals surface area contributed by atoms with E-state index in [1.54, 1.807) is 21.3 Å². The molecule has 1 atom stereocenters. The fourth-order valence-electron chi connectivity index (χ4n) is 3.23. The lowest BCUT2D eigenvalue weighted by Gasteiger charge is -2.22. The van der Waals surface area contributed by atoms with Crippen molar-refractivity contribution in [3.05, 3.63) is 22.7 Å². The van der Waals surface area contributed by atoms with E-state index < -0.39 is 0 Å². The fourth-order valence-corrected chi connectivity index (χ4v) is 3.51. The first kappa shape index (κ1) is 26.1. The predicted octanol–water partition coefficient (Wildman–Crippen LogP) is 3.43. The van der Waals surface area contributed by atoms with E-state index >= 15 is 0 Å². The standard InChI is InChI=1S/C20H32ClN3O4.HI/c1-5-28-19-17(21)10-16(11-18(19)26-4)12-23-20(22-2)24-7-6-15(13-24)14-27-9-8-25-3;/h10-11,15H,5-9,12-14H2,1-4H3,(H,22,23);1H. The van der Waals surface area contributed by atoms with Crippen LogP contribution in [0.4, 0.5) is 0 Å². The Labute approximate surface area is 196 Å². The number of likely N-dealkylation sites (tertiary alicyclic amines) is 1. The lowest BCUT2D eigenvalue weighted by molar-refractivity contribution is 0.0536. The number of benzene rings is 1. The van der Waals surface area contributed by atoms with Gasteiger partial charge >= 0.3 is 0 Å². The highest BCUT2D eigenvalue weighted by Crippen LogP contribution is 2.36. The van der Waals surface area contributed by atoms with E-state index in [9.17, 15) is 0 Å². The Morgan fingerprint density at radius 3 is 2.76 bits per heavy atom. The second-order valence-electron chi connectivity index (χ2n) is 6.61. The quantitative estimate of drug-likeness (QED) is 0.212. The van der Waals surface area contributed by atoms with Gasteiger partial charge in [0, 0.05) is 39.7 Å². The van der Waals surface area contributed by atoms with Crippen LogP contribution in [0.5, 0.6) is 11.5 Å². The van der Waals surface area contributed by atoms with Crippen LogP contribution in [-0.4, -0.2) is 71.6 Å². The zero-order chi connectivity index (χ0) is 20.4. The zero-order valence-electron chi connectivity index (χ0n) is 17.7. The summed E-state index contributed by atoms with van der Waals surface area (Å²) in [4.78, 5) is 6.68. The van der Waals surface area contributed by atoms with Crippen LogP contribution in [0.15, 0.2) is 17.1 Å². The number of guanidine groups is 1. The van der Waals surface area contributed by atoms with Crippen molar-refractivity contribution in [2.24, 2.45) is 10.9 Å². The minimum atomic E-state index is 0. The van der Waals surface area contributed by atoms with Crippen LogP contribution in [0.1, 0.15) is 18.9 Å². The molecule has 1 N–H and O–H groups in total. The topological polar surface area (TPSA) is 64.6 Å². The maximum Gasteiger partial charge on any atom is 0.193 e. The van der Waals surface area contributed by atoms with E-state index in [0.717, 1.165) is 37.6 Å². The van der Waals surface area contributed by atoms with E-state index in [4.69, 9.17) is 30.5 Å². The van der Waals surface area contributed by atoms with Gasteiger partial charge in [-0.2, -0.15) is 0 Å². The Bertz CT molecular complexity index is 648. The molecule has 2 rings (SSSR count). The molecule has 1 aliphatic rings. The van der Waals surface area contributed by atoms with Crippen molar-refractivity contribution in [1.82, 2.24) is 10.2 Å². The van der Waals surface area contributed by atoms with Gasteiger partial charge in [-0.1, -0.05) is 11.6 Å². The molecule has 9 heteroatoms. The molecule has 0 amide bonds. The van der Waals surface area contributed by atoms with Gasteiger partial charge in [0.15, 0.2) is 17.5 Å². The number of hydrogen-bond donors (Lipinski definition) is 1. The summed E-state index contributed by atoms with van der Waals surface area (Å²) in [6.45, 7) is 6.97. The summed E-state index contributed by atoms with van der Waals surface area (Å²) in [5.41, 5.74) is 1.00. The van der Waals surface area contributed by atoms with Crippen LogP contribution in [0.25, 0.3) is 0 Å². The van der Waals surface area contributed by atoms with Crippen LogP contribution in [0.3, 0.4) is 0 Å². The Morgan fingerprint density at radius 1 is 1.31 bits per heavy atom. The molecule has 0 aromatic heterocycles. The highest BCUT2D eigenvalue weighted by molar-refractivity contribution is 14.0. The summed E-state index contributed by atoms with van der Waals surface area (Å²) >= 11 is 6.36. The van der Waals surface area contributed by atoms with E-state index in [2.05, 4.69) is 15.2 Å². The molecule has 7 nitrogen and oxygen atoms in total. The number of methoxy groups -OCH3 is 2. The first-order valence-corrected chi connectivity index (χ1v) is 10.0. The van der Waals surface area contributed by atoms with Crippen molar-refractivity contribution in [2.75, 3.05) is 60.8 Å². The normalized spacial score (nSPS) is 16.5. The summed E-state index contributed by atoms with van der Waals surface area (Å²) in [7, 11) is 5.10. The third kappa shape index (κ3) is 7.99. The van der Waals surface area contributed by atoms with Gasteiger partial charge < -0.3 is 29.2 Å². The van der Waals surface area contributed by atoms with Gasteiger partial charge in [-0.05, 0) is 31.0 Å². The van der Waals surface area contributed by atoms with Crippen molar-refractivity contribution in [3.8, 4) is 11.5 Å². The minimum Gasteiger partial charge on any atom is -0.493 e. The molecule has 0 bridgehead atoms. The monoisotopic (exact) mass is 541 g/mol. The van der Waals surface area contributed by atoms with E-state index in [-0.39, 0.29) is 24.0 Å². The largest absolute Gasteiger partial charge is 0.493 e. The highest BCUT2D eigenvalue weighted by Gasteiger charge is 2.25. The molecule has 1 heterocycles. The van der Waals surface area contributed by atoms with Gasteiger partial charge in [-0.15, -0.1) is 24.0 Å². The van der Waals surface area contributed by atoms with Crippen molar-refractivity contribution in [3.63, 3.8) is 0 Å². The third-order valence-electron chi connectivity index (χ3n) is 4.61. The zero-order valence-corrected chi connectivity index (χ0v) is 20.8. The van der Waals surface area contributed by atoms with Crippen molar-refractivity contribution >= 4 is 41.5 Å². The molecule has 1 aromatic carbocycles. The molecular weight excluding hydrogens is 509 g/mol. The number of rotatable bonds is 10. The van der Waals surface area contributed by atoms with Crippen LogP contribution in [-0.2, 0) is 16.0 Å². The number of nitrogens with one attached hydrogen (secondary N) is 1. The Balaban J connectivity index is 0.00000420. The van der Waals surface area contributed by atoms with Crippen LogP contribution < -0.4 is 14.8 Å². The first-order valence-electron chi connectivity index (χ1n) is 9.64. The fraction of sp³-hybridized carbons (Fsp3) is 0.650. The molecule has 0 saturated carbocycles. The smallest absolute Gasteiger partial charge is 0.193 e. The lowest BCUT2D eigenvalue weighted by atomic mass is 10.1. The van der Waals surface area contributed by atoms with E-state index in [1.807, 2.05) is 19.1 Å². The third-order valence-corrected chi connectivity index (χ3v) is 4.89. The number of ether oxygens (including phenoxy) is 4. The lowest BCUT2D eigenvalue weighted by Crippen LogP contribution is -2.39. The molecule has 1 fully saturated rings. The molecule has 1 unspecified atom stereocenters. The molecular formula is C20H33ClIN3O4. The SMILES string of the molecule is CCOc1c(Cl)cc(CNC(=NC)N2CCC(COCCOC)C2)cc1OC.I. The molecule has 166 valence electrons. The van der Waals surface area contributed by atoms with Crippen molar-refractivity contribution in [1.29, 1.82) is 0 Å². The summed E-state index contributed by atoms with van der Waals surface area (Å²) < 4.78 is 21.7. The maximum absolute atomic E-state index is 6.36. The first-order chi connectivity index (χ1) is 13.6. The second-order valence-corrected chi connectivity index (χ2v) is 7.02. The maximum atomic E-state index is 6.36. The number of nitrogens with zero attached hydrogens (tertiary/aromatic N) is 2. The Morgan fingerprint density at radius 2 is 2.10 bits per heavy atom. The van der Waals surface area contributed by atoms with E-state index in [1.165, 1.54) is 0 Å². The summed E-state index contributed by atoms with van der Waals surface area (Å²) in [5.74, 6) is 2.60. The van der Waals surface area contributed by atoms with Crippen LogP contribution >= 0.6 is 35.6 Å². The molecule has 0 radical (unpaired) electrons. The molecule has 29 heavy (non-hydrogen) atoms. The molecule has 1 aromatic rings. The second kappa shape index (κ2) is 14.1. The van der Waals surface area contributed by atoms with Crippen molar-refractivity contribution < 1.29 is 18.9 Å². The number of aliphatic imine (C=N–C) groups is 1. The average Bonchev–Trinajstić information content (AvgIpc) is 3.16. The summed E-state index contributed by atoms with van der Waals surface area (Å²) in [6.07, 6.45) is 1.09. The van der Waals surface area contributed by atoms with Gasteiger partial charge in [-0.25, -0.2) is 0 Å². The number of hydrogen-bond acceptors (Lipinski definition) is 5. The van der Waals surface area contributed by atoms with Crippen LogP contribution in [0, 0.1) is 5.92 Å². The highest BCUT2D eigenvalue weighted by atomic mass is 127. The van der Waals surface area contributed by atoms with Gasteiger partial charge in [0.2, 0.25) is 0 Å². The Kier molecular flexibility index (Phi) is 12.7. The molecule has 1 saturated heterocycles. The summed E-state index contributed by atoms with van der Waals surface area (Å²) in [5, 5.41) is 3.96. The molecule has 0 spiro atoms. The van der Waals surface area contributed by atoms with Gasteiger partial charge in [0.1, 0.15) is 0 Å². The van der Waals surface area contributed by atoms with Crippen molar-refractivity contribution in [2.45, 2.75) is 19.9 Å². The molecule has 1 aliphatic heterocycles. The van der Waals surface area contributed by atoms with Crippen LogP contribution in [0.2, 0.25) is 5.02 Å². The molecule has 0 aliphatic carbocycles.